The molecule has 0 aliphatic carbocycles. The molecule has 0 spiro atoms. The number of imidazole rings is 1. The molecule has 0 bridgehead atoms. The molecule has 1 unspecified atom stereocenters. The number of fused-ring (bicyclic) bond motifs is 2. The molecule has 4 heterocycles. The standard InChI is InChI=1S/C20H23N5O2/c21-20-23-17-15(7-3-8-16(17)27-20)19(26)24-9-4-5-13(12-24)18-22-11-14-6-1-2-10-25(14)18/h3,7-8,11,13H,1-2,4-6,9-10,12H2,(H2,21,23). The van der Waals surface area contributed by atoms with Gasteiger partial charge >= 0.3 is 0 Å². The van der Waals surface area contributed by atoms with Crippen molar-refractivity contribution in [2.75, 3.05) is 18.8 Å². The molecule has 7 heteroatoms. The number of hydrogen-bond donors (Lipinski definition) is 1. The van der Waals surface area contributed by atoms with Crippen molar-refractivity contribution in [1.82, 2.24) is 19.4 Å². The summed E-state index contributed by atoms with van der Waals surface area (Å²) in [6.45, 7) is 2.50. The lowest BCUT2D eigenvalue weighted by Crippen LogP contribution is -2.40. The Bertz CT molecular complexity index is 1010. The second-order valence-electron chi connectivity index (χ2n) is 7.51. The van der Waals surface area contributed by atoms with Crippen LogP contribution in [-0.4, -0.2) is 38.4 Å². The Hall–Kier alpha value is -2.83. The quantitative estimate of drug-likeness (QED) is 0.754. The third-order valence-electron chi connectivity index (χ3n) is 5.77. The monoisotopic (exact) mass is 365 g/mol. The van der Waals surface area contributed by atoms with Gasteiger partial charge in [0.25, 0.3) is 11.9 Å². The zero-order valence-electron chi connectivity index (χ0n) is 15.2. The van der Waals surface area contributed by atoms with Crippen LogP contribution in [0.5, 0.6) is 0 Å². The van der Waals surface area contributed by atoms with E-state index in [4.69, 9.17) is 15.1 Å². The van der Waals surface area contributed by atoms with Crippen molar-refractivity contribution in [3.8, 4) is 0 Å². The van der Waals surface area contributed by atoms with Gasteiger partial charge in [0.05, 0.1) is 5.56 Å². The number of piperidine rings is 1. The van der Waals surface area contributed by atoms with E-state index < -0.39 is 0 Å². The van der Waals surface area contributed by atoms with Crippen molar-refractivity contribution in [2.24, 2.45) is 0 Å². The zero-order valence-corrected chi connectivity index (χ0v) is 15.2. The van der Waals surface area contributed by atoms with Gasteiger partial charge in [-0.15, -0.1) is 0 Å². The van der Waals surface area contributed by atoms with E-state index in [0.717, 1.165) is 38.2 Å². The fourth-order valence-corrected chi connectivity index (χ4v) is 4.47. The maximum Gasteiger partial charge on any atom is 0.293 e. The van der Waals surface area contributed by atoms with Crippen molar-refractivity contribution in [1.29, 1.82) is 0 Å². The molecule has 140 valence electrons. The molecule has 1 atom stereocenters. The lowest BCUT2D eigenvalue weighted by molar-refractivity contribution is 0.0705. The zero-order chi connectivity index (χ0) is 18.4. The molecule has 1 amide bonds. The number of para-hydroxylation sites is 1. The van der Waals surface area contributed by atoms with Crippen molar-refractivity contribution < 1.29 is 9.21 Å². The van der Waals surface area contributed by atoms with Gasteiger partial charge in [0.2, 0.25) is 0 Å². The van der Waals surface area contributed by atoms with Gasteiger partial charge < -0.3 is 19.6 Å². The van der Waals surface area contributed by atoms with E-state index in [-0.39, 0.29) is 17.8 Å². The first-order valence-electron chi connectivity index (χ1n) is 9.69. The number of benzene rings is 1. The van der Waals surface area contributed by atoms with E-state index >= 15 is 0 Å². The van der Waals surface area contributed by atoms with Gasteiger partial charge in [0.1, 0.15) is 11.3 Å². The second-order valence-corrected chi connectivity index (χ2v) is 7.51. The van der Waals surface area contributed by atoms with Crippen LogP contribution >= 0.6 is 0 Å². The molecule has 0 saturated carbocycles. The number of nitrogens with two attached hydrogens (primary N) is 1. The van der Waals surface area contributed by atoms with E-state index in [2.05, 4.69) is 9.55 Å². The number of anilines is 1. The van der Waals surface area contributed by atoms with Crippen LogP contribution in [0.4, 0.5) is 6.01 Å². The number of nitrogen functional groups attached to an aromatic ring is 1. The van der Waals surface area contributed by atoms with Crippen molar-refractivity contribution in [3.63, 3.8) is 0 Å². The van der Waals surface area contributed by atoms with Gasteiger partial charge in [0.15, 0.2) is 5.58 Å². The predicted molar refractivity (Wildman–Crippen MR) is 101 cm³/mol. The van der Waals surface area contributed by atoms with Crippen LogP contribution in [0.1, 0.15) is 53.5 Å². The number of hydrogen-bond acceptors (Lipinski definition) is 5. The van der Waals surface area contributed by atoms with E-state index in [1.807, 2.05) is 17.2 Å². The smallest absolute Gasteiger partial charge is 0.293 e. The van der Waals surface area contributed by atoms with Crippen LogP contribution in [0, 0.1) is 0 Å². The molecule has 1 saturated heterocycles. The lowest BCUT2D eigenvalue weighted by Gasteiger charge is -2.33. The van der Waals surface area contributed by atoms with Gasteiger partial charge in [-0.3, -0.25) is 4.79 Å². The molecule has 5 rings (SSSR count). The highest BCUT2D eigenvalue weighted by Gasteiger charge is 2.30. The molecule has 2 aromatic heterocycles. The van der Waals surface area contributed by atoms with E-state index in [0.29, 0.717) is 23.2 Å². The number of amides is 1. The van der Waals surface area contributed by atoms with Crippen molar-refractivity contribution in [2.45, 2.75) is 44.6 Å². The highest BCUT2D eigenvalue weighted by molar-refractivity contribution is 6.04. The number of rotatable bonds is 2. The Morgan fingerprint density at radius 2 is 2.15 bits per heavy atom. The molecule has 1 aromatic carbocycles. The summed E-state index contributed by atoms with van der Waals surface area (Å²) in [5, 5.41) is 0. The van der Waals surface area contributed by atoms with Crippen molar-refractivity contribution in [3.05, 3.63) is 41.5 Å². The minimum absolute atomic E-state index is 0.0102. The molecule has 2 N–H and O–H groups in total. The maximum atomic E-state index is 13.2. The summed E-state index contributed by atoms with van der Waals surface area (Å²) in [5.74, 6) is 1.42. The normalized spacial score (nSPS) is 20.0. The Morgan fingerprint density at radius 1 is 1.22 bits per heavy atom. The lowest BCUT2D eigenvalue weighted by atomic mass is 9.96. The molecule has 3 aromatic rings. The minimum atomic E-state index is -0.0102. The third kappa shape index (κ3) is 2.78. The summed E-state index contributed by atoms with van der Waals surface area (Å²) in [6, 6.07) is 5.48. The highest BCUT2D eigenvalue weighted by Crippen LogP contribution is 2.30. The van der Waals surface area contributed by atoms with Crippen LogP contribution in [0.25, 0.3) is 11.1 Å². The van der Waals surface area contributed by atoms with Gasteiger partial charge in [-0.05, 0) is 44.2 Å². The molecule has 27 heavy (non-hydrogen) atoms. The number of nitrogens with zero attached hydrogens (tertiary/aromatic N) is 4. The molecule has 0 radical (unpaired) electrons. The fraction of sp³-hybridized carbons (Fsp3) is 0.450. The number of aryl methyl sites for hydroxylation is 1. The summed E-state index contributed by atoms with van der Waals surface area (Å²) in [7, 11) is 0. The Morgan fingerprint density at radius 3 is 3.07 bits per heavy atom. The first kappa shape index (κ1) is 16.4. The largest absolute Gasteiger partial charge is 0.424 e. The fourth-order valence-electron chi connectivity index (χ4n) is 4.47. The van der Waals surface area contributed by atoms with E-state index in [1.165, 1.54) is 18.5 Å². The van der Waals surface area contributed by atoms with Crippen LogP contribution < -0.4 is 5.73 Å². The predicted octanol–water partition coefficient (Wildman–Crippen LogP) is 2.96. The van der Waals surface area contributed by atoms with Gasteiger partial charge in [-0.1, -0.05) is 6.07 Å². The summed E-state index contributed by atoms with van der Waals surface area (Å²) in [4.78, 5) is 24.1. The first-order valence-corrected chi connectivity index (χ1v) is 9.69. The number of carbonyl (C=O) groups excluding carboxylic acids is 1. The van der Waals surface area contributed by atoms with Crippen LogP contribution in [-0.2, 0) is 13.0 Å². The second kappa shape index (κ2) is 6.40. The molecule has 1 fully saturated rings. The van der Waals surface area contributed by atoms with Gasteiger partial charge in [-0.2, -0.15) is 4.98 Å². The van der Waals surface area contributed by atoms with E-state index in [9.17, 15) is 4.79 Å². The number of aromatic nitrogens is 3. The third-order valence-corrected chi connectivity index (χ3v) is 5.77. The van der Waals surface area contributed by atoms with Gasteiger partial charge in [-0.25, -0.2) is 4.98 Å². The summed E-state index contributed by atoms with van der Waals surface area (Å²) >= 11 is 0. The van der Waals surface area contributed by atoms with Crippen LogP contribution in [0.3, 0.4) is 0 Å². The average Bonchev–Trinajstić information content (AvgIpc) is 3.30. The number of carbonyl (C=O) groups is 1. The van der Waals surface area contributed by atoms with Crippen LogP contribution in [0.2, 0.25) is 0 Å². The molecule has 7 nitrogen and oxygen atoms in total. The Kier molecular flexibility index (Phi) is 3.88. The minimum Gasteiger partial charge on any atom is -0.424 e. The molecule has 2 aliphatic rings. The van der Waals surface area contributed by atoms with Crippen LogP contribution in [0.15, 0.2) is 28.8 Å². The summed E-state index contributed by atoms with van der Waals surface area (Å²) < 4.78 is 7.75. The first-order chi connectivity index (χ1) is 13.2. The average molecular weight is 365 g/mol. The van der Waals surface area contributed by atoms with Crippen molar-refractivity contribution >= 4 is 23.0 Å². The maximum absolute atomic E-state index is 13.2. The molecule has 2 aliphatic heterocycles. The summed E-state index contributed by atoms with van der Waals surface area (Å²) in [6.07, 6.45) is 7.63. The Labute approximate surface area is 157 Å². The number of oxazole rings is 1. The Balaban J connectivity index is 1.42. The summed E-state index contributed by atoms with van der Waals surface area (Å²) in [5.41, 5.74) is 8.66. The molecular weight excluding hydrogens is 342 g/mol. The number of likely N-dealkylation sites (tertiary alicyclic amines) is 1. The molecular formula is C20H23N5O2. The SMILES string of the molecule is Nc1nc2c(C(=O)N3CCCC(c4ncc5n4CCCC5)C3)cccc2o1. The topological polar surface area (TPSA) is 90.2 Å². The highest BCUT2D eigenvalue weighted by atomic mass is 16.4. The van der Waals surface area contributed by atoms with Gasteiger partial charge in [0, 0.05) is 37.4 Å². The van der Waals surface area contributed by atoms with E-state index in [1.54, 1.807) is 12.1 Å².